The van der Waals surface area contributed by atoms with Crippen LogP contribution in [0.1, 0.15) is 67.4 Å². The number of carbonyl (C=O) groups excluding carboxylic acids is 1. The van der Waals surface area contributed by atoms with Crippen LogP contribution in [0.3, 0.4) is 0 Å². The number of aliphatic hydroxyl groups is 1. The third-order valence-corrected chi connectivity index (χ3v) is 10.1. The maximum atomic E-state index is 12.2. The van der Waals surface area contributed by atoms with E-state index in [1.807, 2.05) is 39.8 Å². The van der Waals surface area contributed by atoms with Crippen LogP contribution >= 0.6 is 0 Å². The van der Waals surface area contributed by atoms with Crippen LogP contribution in [0.15, 0.2) is 24.3 Å². The summed E-state index contributed by atoms with van der Waals surface area (Å²) in [5, 5.41) is 13.3. The van der Waals surface area contributed by atoms with Gasteiger partial charge in [0.05, 0.1) is 11.6 Å². The van der Waals surface area contributed by atoms with Gasteiger partial charge in [0.15, 0.2) is 0 Å². The summed E-state index contributed by atoms with van der Waals surface area (Å²) in [4.78, 5) is 12.2. The predicted molar refractivity (Wildman–Crippen MR) is 122 cm³/mol. The van der Waals surface area contributed by atoms with E-state index in [-0.39, 0.29) is 5.04 Å². The summed E-state index contributed by atoms with van der Waals surface area (Å²) in [5.41, 5.74) is -0.229. The van der Waals surface area contributed by atoms with Crippen molar-refractivity contribution in [3.05, 3.63) is 29.8 Å². The second-order valence-electron chi connectivity index (χ2n) is 10.7. The highest BCUT2D eigenvalue weighted by atomic mass is 28.4. The number of ether oxygens (including phenoxy) is 1. The monoisotopic (exact) mass is 423 g/mol. The van der Waals surface area contributed by atoms with Crippen molar-refractivity contribution in [1.82, 2.24) is 5.32 Å². The molecule has 0 saturated carbocycles. The number of rotatable bonds is 7. The summed E-state index contributed by atoms with van der Waals surface area (Å²) >= 11 is 0. The van der Waals surface area contributed by atoms with Crippen LogP contribution in [-0.4, -0.2) is 36.8 Å². The van der Waals surface area contributed by atoms with E-state index in [9.17, 15) is 9.90 Å². The molecule has 0 spiro atoms. The molecular weight excluding hydrogens is 382 g/mol. The van der Waals surface area contributed by atoms with Crippen molar-refractivity contribution in [2.24, 2.45) is 0 Å². The van der Waals surface area contributed by atoms with Crippen LogP contribution in [-0.2, 0) is 11.2 Å². The molecule has 5 nitrogen and oxygen atoms in total. The third-order valence-electron chi connectivity index (χ3n) is 5.74. The van der Waals surface area contributed by atoms with Gasteiger partial charge in [0.1, 0.15) is 11.4 Å². The van der Waals surface area contributed by atoms with Gasteiger partial charge in [0.2, 0.25) is 8.32 Å². The Balaban J connectivity index is 2.78. The minimum Gasteiger partial charge on any atom is -0.544 e. The number of alkyl carbamates (subject to hydrolysis) is 1. The summed E-state index contributed by atoms with van der Waals surface area (Å²) in [6.45, 7) is 20.1. The van der Waals surface area contributed by atoms with Gasteiger partial charge in [0.25, 0.3) is 0 Å². The molecule has 1 aromatic rings. The van der Waals surface area contributed by atoms with Crippen molar-refractivity contribution in [3.63, 3.8) is 0 Å². The van der Waals surface area contributed by atoms with Crippen LogP contribution in [0.5, 0.6) is 5.75 Å². The van der Waals surface area contributed by atoms with Crippen molar-refractivity contribution in [1.29, 1.82) is 0 Å². The van der Waals surface area contributed by atoms with Gasteiger partial charge in [-0.3, -0.25) is 0 Å². The Hall–Kier alpha value is -1.53. The molecule has 0 heterocycles. The highest BCUT2D eigenvalue weighted by Crippen LogP contribution is 2.37. The van der Waals surface area contributed by atoms with E-state index in [1.165, 1.54) is 0 Å². The number of carbonyl (C=O) groups is 1. The fraction of sp³-hybridized carbons (Fsp3) is 0.696. The Labute approximate surface area is 178 Å². The van der Waals surface area contributed by atoms with Crippen LogP contribution in [0, 0.1) is 0 Å². The number of amides is 1. The Bertz CT molecular complexity index is 672. The second-order valence-corrected chi connectivity index (χ2v) is 15.5. The molecule has 6 heteroatoms. The average Bonchev–Trinajstić information content (AvgIpc) is 2.50. The minimum atomic E-state index is -1.86. The highest BCUT2D eigenvalue weighted by molar-refractivity contribution is 6.74. The number of hydrogen-bond donors (Lipinski definition) is 2. The lowest BCUT2D eigenvalue weighted by molar-refractivity contribution is 0.0276. The summed E-state index contributed by atoms with van der Waals surface area (Å²) in [6, 6.07) is 8.13. The van der Waals surface area contributed by atoms with Crippen LogP contribution in [0.2, 0.25) is 18.1 Å². The molecule has 1 amide bonds. The Morgan fingerprint density at radius 3 is 2.00 bits per heavy atom. The molecule has 0 radical (unpaired) electrons. The molecule has 1 rings (SSSR count). The number of aryl methyl sites for hydroxylation is 1. The molecule has 29 heavy (non-hydrogen) atoms. The summed E-state index contributed by atoms with van der Waals surface area (Å²) in [5.74, 6) is 0.894. The molecule has 166 valence electrons. The SMILES string of the molecule is C[C@@H](O)[C@@](C)(CCc1ccc(O[Si](C)(C)C(C)(C)C)cc1)NC(=O)OC(C)(C)C. The van der Waals surface area contributed by atoms with E-state index in [0.717, 1.165) is 17.7 Å². The molecule has 0 aliphatic rings. The van der Waals surface area contributed by atoms with Crippen molar-refractivity contribution in [3.8, 4) is 5.75 Å². The zero-order chi connectivity index (χ0) is 22.7. The smallest absolute Gasteiger partial charge is 0.408 e. The zero-order valence-electron chi connectivity index (χ0n) is 20.0. The molecule has 0 saturated heterocycles. The first-order valence-electron chi connectivity index (χ1n) is 10.4. The summed E-state index contributed by atoms with van der Waals surface area (Å²) < 4.78 is 11.7. The lowest BCUT2D eigenvalue weighted by Gasteiger charge is -2.36. The van der Waals surface area contributed by atoms with E-state index < -0.39 is 31.7 Å². The van der Waals surface area contributed by atoms with Gasteiger partial charge in [-0.25, -0.2) is 4.79 Å². The summed E-state index contributed by atoms with van der Waals surface area (Å²) in [6.07, 6.45) is 0.0828. The molecule has 2 N–H and O–H groups in total. The first-order chi connectivity index (χ1) is 13.0. The molecule has 0 aromatic heterocycles. The predicted octanol–water partition coefficient (Wildman–Crippen LogP) is 5.67. The summed E-state index contributed by atoms with van der Waals surface area (Å²) in [7, 11) is -1.86. The van der Waals surface area contributed by atoms with Crippen LogP contribution in [0.25, 0.3) is 0 Å². The second kappa shape index (κ2) is 9.09. The molecule has 0 bridgehead atoms. The number of nitrogens with one attached hydrogen (secondary N) is 1. The minimum absolute atomic E-state index is 0.151. The van der Waals surface area contributed by atoms with Gasteiger partial charge < -0.3 is 19.6 Å². The average molecular weight is 424 g/mol. The van der Waals surface area contributed by atoms with E-state index >= 15 is 0 Å². The fourth-order valence-corrected chi connectivity index (χ4v) is 3.52. The largest absolute Gasteiger partial charge is 0.544 e. The van der Waals surface area contributed by atoms with E-state index in [1.54, 1.807) is 6.92 Å². The Kier molecular flexibility index (Phi) is 7.99. The van der Waals surface area contributed by atoms with Crippen molar-refractivity contribution in [2.45, 2.75) is 104 Å². The van der Waals surface area contributed by atoms with Gasteiger partial charge in [-0.2, -0.15) is 0 Å². The first-order valence-corrected chi connectivity index (χ1v) is 13.3. The highest BCUT2D eigenvalue weighted by Gasteiger charge is 2.39. The molecule has 1 aromatic carbocycles. The number of aliphatic hydroxyl groups excluding tert-OH is 1. The van der Waals surface area contributed by atoms with Gasteiger partial charge in [-0.15, -0.1) is 0 Å². The number of hydrogen-bond acceptors (Lipinski definition) is 4. The van der Waals surface area contributed by atoms with E-state index in [2.05, 4.69) is 51.3 Å². The maximum absolute atomic E-state index is 12.2. The fourth-order valence-electron chi connectivity index (χ4n) is 2.49. The Morgan fingerprint density at radius 2 is 1.59 bits per heavy atom. The molecule has 0 aliphatic heterocycles. The van der Waals surface area contributed by atoms with Crippen LogP contribution in [0.4, 0.5) is 4.79 Å². The molecule has 0 unspecified atom stereocenters. The van der Waals surface area contributed by atoms with Gasteiger partial charge in [-0.1, -0.05) is 32.9 Å². The molecule has 2 atom stereocenters. The van der Waals surface area contributed by atoms with Crippen molar-refractivity contribution in [2.75, 3.05) is 0 Å². The lowest BCUT2D eigenvalue weighted by Crippen LogP contribution is -2.54. The lowest BCUT2D eigenvalue weighted by atomic mass is 9.88. The van der Waals surface area contributed by atoms with E-state index in [0.29, 0.717) is 6.42 Å². The topological polar surface area (TPSA) is 67.8 Å². The van der Waals surface area contributed by atoms with Gasteiger partial charge >= 0.3 is 6.09 Å². The number of benzene rings is 1. The zero-order valence-corrected chi connectivity index (χ0v) is 21.0. The first kappa shape index (κ1) is 25.5. The van der Waals surface area contributed by atoms with Crippen LogP contribution < -0.4 is 9.74 Å². The van der Waals surface area contributed by atoms with Crippen molar-refractivity contribution < 1.29 is 19.1 Å². The molecule has 0 fully saturated rings. The normalized spacial score (nSPS) is 16.0. The van der Waals surface area contributed by atoms with Crippen molar-refractivity contribution >= 4 is 14.4 Å². The van der Waals surface area contributed by atoms with Gasteiger partial charge in [0, 0.05) is 0 Å². The third kappa shape index (κ3) is 8.01. The van der Waals surface area contributed by atoms with Gasteiger partial charge in [-0.05, 0) is 83.3 Å². The quantitative estimate of drug-likeness (QED) is 0.555. The standard InChI is InChI=1S/C23H41NO4Si/c1-17(25)23(8,24-20(26)27-21(2,3)4)16-15-18-11-13-19(14-12-18)28-29(9,10)22(5,6)7/h11-14,17,25H,15-16H2,1-10H3,(H,24,26)/t17-,23-/m1/s1. The molecular formula is C23H41NO4Si. The van der Waals surface area contributed by atoms with E-state index in [4.69, 9.17) is 9.16 Å². The Morgan fingerprint density at radius 1 is 1.07 bits per heavy atom. The maximum Gasteiger partial charge on any atom is 0.408 e. The molecule has 0 aliphatic carbocycles.